The van der Waals surface area contributed by atoms with Gasteiger partial charge in [0.1, 0.15) is 5.78 Å². The maximum atomic E-state index is 11.3. The summed E-state index contributed by atoms with van der Waals surface area (Å²) in [5.74, 6) is -0.613. The Morgan fingerprint density at radius 3 is 2.31 bits per heavy atom. The molecule has 5 nitrogen and oxygen atoms in total. The molecule has 0 spiro atoms. The first-order valence-electron chi connectivity index (χ1n) is 4.00. The minimum atomic E-state index is -0.394. The van der Waals surface area contributed by atoms with Crippen molar-refractivity contribution in [3.63, 3.8) is 0 Å². The van der Waals surface area contributed by atoms with Crippen molar-refractivity contribution in [1.29, 1.82) is 0 Å². The number of carbonyl (C=O) groups is 3. The molecule has 5 heteroatoms. The van der Waals surface area contributed by atoms with Gasteiger partial charge in [-0.25, -0.2) is 0 Å². The van der Waals surface area contributed by atoms with Crippen LogP contribution in [0.4, 0.5) is 0 Å². The fourth-order valence-electron chi connectivity index (χ4n) is 0.864. The highest BCUT2D eigenvalue weighted by Gasteiger charge is 2.17. The Morgan fingerprint density at radius 1 is 1.46 bits per heavy atom. The van der Waals surface area contributed by atoms with Crippen LogP contribution in [0.15, 0.2) is 0 Å². The molecule has 0 fully saturated rings. The van der Waals surface area contributed by atoms with Crippen molar-refractivity contribution in [1.82, 2.24) is 10.4 Å². The van der Waals surface area contributed by atoms with Gasteiger partial charge in [0, 0.05) is 6.04 Å². The number of rotatable bonds is 5. The van der Waals surface area contributed by atoms with Gasteiger partial charge in [0.25, 0.3) is 0 Å². The Kier molecular flexibility index (Phi) is 4.72. The van der Waals surface area contributed by atoms with E-state index in [2.05, 4.69) is 5.43 Å². The summed E-state index contributed by atoms with van der Waals surface area (Å²) in [4.78, 5) is 32.0. The summed E-state index contributed by atoms with van der Waals surface area (Å²) in [6.45, 7) is 4.82. The monoisotopic (exact) mass is 186 g/mol. The van der Waals surface area contributed by atoms with E-state index >= 15 is 0 Å². The van der Waals surface area contributed by atoms with Gasteiger partial charge in [0.2, 0.25) is 12.3 Å². The maximum Gasteiger partial charge on any atom is 0.248 e. The number of nitrogens with zero attached hydrogens (tertiary/aromatic N) is 1. The molecule has 0 aromatic carbocycles. The van der Waals surface area contributed by atoms with Crippen molar-refractivity contribution in [2.75, 3.05) is 0 Å². The first-order chi connectivity index (χ1) is 5.99. The van der Waals surface area contributed by atoms with Gasteiger partial charge < -0.3 is 0 Å². The summed E-state index contributed by atoms with van der Waals surface area (Å²) in [6.07, 6.45) is 0.233. The van der Waals surface area contributed by atoms with E-state index in [1.54, 1.807) is 13.8 Å². The lowest BCUT2D eigenvalue weighted by Gasteiger charge is -2.24. The largest absolute Gasteiger partial charge is 0.299 e. The zero-order valence-corrected chi connectivity index (χ0v) is 8.03. The molecule has 0 aliphatic rings. The van der Waals surface area contributed by atoms with Crippen molar-refractivity contribution in [3.05, 3.63) is 0 Å². The van der Waals surface area contributed by atoms with Crippen molar-refractivity contribution >= 4 is 18.1 Å². The molecule has 0 saturated heterocycles. The Hall–Kier alpha value is -1.39. The lowest BCUT2D eigenvalue weighted by molar-refractivity contribution is -0.142. The number of amides is 2. The van der Waals surface area contributed by atoms with Crippen LogP contribution in [0.3, 0.4) is 0 Å². The van der Waals surface area contributed by atoms with Gasteiger partial charge in [0.15, 0.2) is 0 Å². The van der Waals surface area contributed by atoms with E-state index in [0.717, 1.165) is 5.01 Å². The summed E-state index contributed by atoms with van der Waals surface area (Å²) < 4.78 is 0. The molecule has 2 amide bonds. The van der Waals surface area contributed by atoms with Crippen LogP contribution < -0.4 is 5.43 Å². The highest BCUT2D eigenvalue weighted by atomic mass is 16.2. The van der Waals surface area contributed by atoms with E-state index in [1.807, 2.05) is 0 Å². The summed E-state index contributed by atoms with van der Waals surface area (Å²) in [5, 5.41) is 1.13. The van der Waals surface area contributed by atoms with Gasteiger partial charge in [-0.15, -0.1) is 0 Å². The van der Waals surface area contributed by atoms with Crippen LogP contribution in [0.5, 0.6) is 0 Å². The molecule has 0 aliphatic carbocycles. The van der Waals surface area contributed by atoms with E-state index in [4.69, 9.17) is 0 Å². The molecule has 0 unspecified atom stereocenters. The van der Waals surface area contributed by atoms with E-state index in [-0.39, 0.29) is 18.2 Å². The number of hydrogen-bond acceptors (Lipinski definition) is 3. The zero-order chi connectivity index (χ0) is 10.4. The van der Waals surface area contributed by atoms with Crippen LogP contribution >= 0.6 is 0 Å². The minimum Gasteiger partial charge on any atom is -0.299 e. The molecular weight excluding hydrogens is 172 g/mol. The maximum absolute atomic E-state index is 11.3. The van der Waals surface area contributed by atoms with Crippen LogP contribution in [-0.2, 0) is 14.4 Å². The molecule has 13 heavy (non-hydrogen) atoms. The highest BCUT2D eigenvalue weighted by Crippen LogP contribution is 1.97. The standard InChI is InChI=1S/C8H14N2O3/c1-6(2)10(9-5-11)8(13)4-7(3)12/h5-6H,4H2,1-3H3,(H,9,11). The predicted molar refractivity (Wildman–Crippen MR) is 46.5 cm³/mol. The van der Waals surface area contributed by atoms with Gasteiger partial charge in [-0.3, -0.25) is 24.8 Å². The second kappa shape index (κ2) is 5.29. The predicted octanol–water partition coefficient (Wildman–Crippen LogP) is -0.137. The molecule has 0 saturated carbocycles. The topological polar surface area (TPSA) is 66.5 Å². The third-order valence-corrected chi connectivity index (χ3v) is 1.38. The van der Waals surface area contributed by atoms with E-state index in [9.17, 15) is 14.4 Å². The molecule has 1 N–H and O–H groups in total. The number of hydrogen-bond donors (Lipinski definition) is 1. The first kappa shape index (κ1) is 11.6. The fourth-order valence-corrected chi connectivity index (χ4v) is 0.864. The molecule has 0 radical (unpaired) electrons. The molecule has 0 aromatic heterocycles. The van der Waals surface area contributed by atoms with Crippen molar-refractivity contribution in [2.45, 2.75) is 33.2 Å². The highest BCUT2D eigenvalue weighted by molar-refractivity contribution is 5.97. The van der Waals surface area contributed by atoms with Crippen molar-refractivity contribution in [3.8, 4) is 0 Å². The lowest BCUT2D eigenvalue weighted by atomic mass is 10.2. The second-order valence-corrected chi connectivity index (χ2v) is 2.98. The third kappa shape index (κ3) is 4.25. The summed E-state index contributed by atoms with van der Waals surface area (Å²) in [7, 11) is 0. The molecule has 0 heterocycles. The number of hydrazine groups is 1. The SMILES string of the molecule is CC(=O)CC(=O)N(NC=O)C(C)C. The van der Waals surface area contributed by atoms with E-state index < -0.39 is 5.91 Å². The van der Waals surface area contributed by atoms with Crippen LogP contribution in [0.25, 0.3) is 0 Å². The normalized spacial score (nSPS) is 9.54. The summed E-state index contributed by atoms with van der Waals surface area (Å²) in [5.41, 5.74) is 2.24. The van der Waals surface area contributed by atoms with Gasteiger partial charge in [0.05, 0.1) is 6.42 Å². The minimum absolute atomic E-state index is 0.156. The Morgan fingerprint density at radius 2 is 2.00 bits per heavy atom. The van der Waals surface area contributed by atoms with Crippen LogP contribution in [0, 0.1) is 0 Å². The average Bonchev–Trinajstić information content (AvgIpc) is 1.97. The zero-order valence-electron chi connectivity index (χ0n) is 8.03. The molecular formula is C8H14N2O3. The number of ketones is 1. The number of Topliss-reactive ketones (excluding diaryl/α,β-unsaturated/α-hetero) is 1. The average molecular weight is 186 g/mol. The van der Waals surface area contributed by atoms with Crippen LogP contribution in [-0.4, -0.2) is 29.2 Å². The molecule has 0 aliphatic heterocycles. The van der Waals surface area contributed by atoms with Gasteiger partial charge in [-0.2, -0.15) is 0 Å². The van der Waals surface area contributed by atoms with E-state index in [1.165, 1.54) is 6.92 Å². The van der Waals surface area contributed by atoms with Crippen LogP contribution in [0.1, 0.15) is 27.2 Å². The summed E-state index contributed by atoms with van der Waals surface area (Å²) >= 11 is 0. The molecule has 0 bridgehead atoms. The quantitative estimate of drug-likeness (QED) is 0.369. The van der Waals surface area contributed by atoms with Crippen LogP contribution in [0.2, 0.25) is 0 Å². The lowest BCUT2D eigenvalue weighted by Crippen LogP contribution is -2.47. The second-order valence-electron chi connectivity index (χ2n) is 2.98. The number of nitrogens with one attached hydrogen (secondary N) is 1. The van der Waals surface area contributed by atoms with E-state index in [0.29, 0.717) is 6.41 Å². The summed E-state index contributed by atoms with van der Waals surface area (Å²) in [6, 6.07) is -0.156. The molecule has 74 valence electrons. The smallest absolute Gasteiger partial charge is 0.248 e. The van der Waals surface area contributed by atoms with Gasteiger partial charge >= 0.3 is 0 Å². The Labute approximate surface area is 77.1 Å². The third-order valence-electron chi connectivity index (χ3n) is 1.38. The molecule has 0 aromatic rings. The van der Waals surface area contributed by atoms with Gasteiger partial charge in [-0.1, -0.05) is 0 Å². The van der Waals surface area contributed by atoms with Gasteiger partial charge in [-0.05, 0) is 20.8 Å². The number of carbonyl (C=O) groups excluding carboxylic acids is 3. The van der Waals surface area contributed by atoms with Crippen molar-refractivity contribution in [2.24, 2.45) is 0 Å². The Balaban J connectivity index is 4.27. The van der Waals surface area contributed by atoms with Crippen molar-refractivity contribution < 1.29 is 14.4 Å². The molecule has 0 atom stereocenters. The Bertz CT molecular complexity index is 213. The molecule has 0 rings (SSSR count). The fraction of sp³-hybridized carbons (Fsp3) is 0.625. The first-order valence-corrected chi connectivity index (χ1v) is 4.00.